The van der Waals surface area contributed by atoms with Crippen molar-refractivity contribution in [2.45, 2.75) is 39.7 Å². The first kappa shape index (κ1) is 13.4. The average molecular weight is 198 g/mol. The molecule has 0 saturated heterocycles. The molecule has 0 heterocycles. The molecule has 0 aliphatic heterocycles. The summed E-state index contributed by atoms with van der Waals surface area (Å²) in [5, 5.41) is 12.0. The number of hydrogen-bond acceptors (Lipinski definition) is 3. The first-order chi connectivity index (χ1) is 6.33. The van der Waals surface area contributed by atoms with Crippen LogP contribution >= 0.6 is 0 Å². The van der Waals surface area contributed by atoms with Crippen molar-refractivity contribution in [2.75, 3.05) is 20.2 Å². The van der Waals surface area contributed by atoms with Crippen LogP contribution in [-0.4, -0.2) is 25.8 Å². The Balaban J connectivity index is 3.63. The lowest BCUT2D eigenvalue weighted by atomic mass is 9.96. The third-order valence-corrected chi connectivity index (χ3v) is 2.33. The second-order valence-corrected chi connectivity index (χ2v) is 4.89. The summed E-state index contributed by atoms with van der Waals surface area (Å²) in [4.78, 5) is 0. The zero-order valence-corrected chi connectivity index (χ0v) is 9.98. The minimum atomic E-state index is -0.281. The van der Waals surface area contributed by atoms with Crippen molar-refractivity contribution >= 4 is 0 Å². The van der Waals surface area contributed by atoms with E-state index in [4.69, 9.17) is 10.00 Å². The Morgan fingerprint density at radius 3 is 2.29 bits per heavy atom. The summed E-state index contributed by atoms with van der Waals surface area (Å²) in [6, 6.07) is 2.26. The molecule has 0 fully saturated rings. The van der Waals surface area contributed by atoms with E-state index in [2.05, 4.69) is 25.2 Å². The number of ether oxygens (including phenoxy) is 1. The fraction of sp³-hybridized carbons (Fsp3) is 0.909. The minimum absolute atomic E-state index is 0.0796. The Kier molecular flexibility index (Phi) is 5.11. The van der Waals surface area contributed by atoms with Crippen LogP contribution in [0.4, 0.5) is 0 Å². The Labute approximate surface area is 87.4 Å². The van der Waals surface area contributed by atoms with Crippen LogP contribution in [-0.2, 0) is 4.74 Å². The molecule has 82 valence electrons. The van der Waals surface area contributed by atoms with Gasteiger partial charge in [0.2, 0.25) is 0 Å². The highest BCUT2D eigenvalue weighted by molar-refractivity contribution is 4.93. The molecule has 0 aromatic carbocycles. The van der Waals surface area contributed by atoms with Gasteiger partial charge in [0.15, 0.2) is 0 Å². The lowest BCUT2D eigenvalue weighted by molar-refractivity contribution is 0.0156. The summed E-state index contributed by atoms with van der Waals surface area (Å²) in [6.07, 6.45) is 0.949. The second-order valence-electron chi connectivity index (χ2n) is 4.89. The molecule has 0 saturated carbocycles. The van der Waals surface area contributed by atoms with E-state index in [-0.39, 0.29) is 11.0 Å². The van der Waals surface area contributed by atoms with E-state index < -0.39 is 0 Å². The van der Waals surface area contributed by atoms with Crippen LogP contribution in [0.1, 0.15) is 34.1 Å². The fourth-order valence-corrected chi connectivity index (χ4v) is 0.932. The van der Waals surface area contributed by atoms with Gasteiger partial charge in [-0.1, -0.05) is 0 Å². The SMILES string of the molecule is COC(C)(C)CCNCC(C)(C)C#N. The molecule has 0 unspecified atom stereocenters. The van der Waals surface area contributed by atoms with Gasteiger partial charge >= 0.3 is 0 Å². The van der Waals surface area contributed by atoms with Crippen LogP contribution in [0.5, 0.6) is 0 Å². The predicted molar refractivity (Wildman–Crippen MR) is 58.0 cm³/mol. The fourth-order valence-electron chi connectivity index (χ4n) is 0.932. The van der Waals surface area contributed by atoms with Crippen molar-refractivity contribution in [3.63, 3.8) is 0 Å². The van der Waals surface area contributed by atoms with Gasteiger partial charge in [0, 0.05) is 13.7 Å². The highest BCUT2D eigenvalue weighted by Crippen LogP contribution is 2.13. The van der Waals surface area contributed by atoms with Gasteiger partial charge in [0.05, 0.1) is 17.1 Å². The maximum absolute atomic E-state index is 8.78. The molecule has 0 spiro atoms. The molecule has 0 radical (unpaired) electrons. The highest BCUT2D eigenvalue weighted by atomic mass is 16.5. The maximum Gasteiger partial charge on any atom is 0.0697 e. The van der Waals surface area contributed by atoms with Gasteiger partial charge in [0.1, 0.15) is 0 Å². The van der Waals surface area contributed by atoms with Gasteiger partial charge < -0.3 is 10.1 Å². The Bertz CT molecular complexity index is 204. The first-order valence-corrected chi connectivity index (χ1v) is 5.00. The van der Waals surface area contributed by atoms with Crippen molar-refractivity contribution in [3.05, 3.63) is 0 Å². The Hall–Kier alpha value is -0.590. The van der Waals surface area contributed by atoms with E-state index in [1.54, 1.807) is 7.11 Å². The highest BCUT2D eigenvalue weighted by Gasteiger charge is 2.18. The summed E-state index contributed by atoms with van der Waals surface area (Å²) in [5.74, 6) is 0. The number of rotatable bonds is 6. The standard InChI is InChI=1S/C11H22N2O/c1-10(2,8-12)9-13-7-6-11(3,4)14-5/h13H,6-7,9H2,1-5H3. The molecule has 0 atom stereocenters. The lowest BCUT2D eigenvalue weighted by Crippen LogP contribution is -2.33. The Morgan fingerprint density at radius 2 is 1.86 bits per heavy atom. The van der Waals surface area contributed by atoms with E-state index in [1.165, 1.54) is 0 Å². The molecule has 14 heavy (non-hydrogen) atoms. The monoisotopic (exact) mass is 198 g/mol. The van der Waals surface area contributed by atoms with E-state index in [0.717, 1.165) is 19.5 Å². The summed E-state index contributed by atoms with van der Waals surface area (Å²) in [5.41, 5.74) is -0.360. The van der Waals surface area contributed by atoms with E-state index in [1.807, 2.05) is 13.8 Å². The molecule has 1 N–H and O–H groups in total. The van der Waals surface area contributed by atoms with E-state index >= 15 is 0 Å². The predicted octanol–water partition coefficient (Wildman–Crippen LogP) is 1.94. The molecule has 0 aromatic rings. The van der Waals surface area contributed by atoms with Gasteiger partial charge in [0.25, 0.3) is 0 Å². The van der Waals surface area contributed by atoms with Crippen LogP contribution in [0.2, 0.25) is 0 Å². The molecular weight excluding hydrogens is 176 g/mol. The third-order valence-electron chi connectivity index (χ3n) is 2.33. The van der Waals surface area contributed by atoms with Crippen molar-refractivity contribution in [1.29, 1.82) is 5.26 Å². The van der Waals surface area contributed by atoms with Crippen molar-refractivity contribution < 1.29 is 4.74 Å². The topological polar surface area (TPSA) is 45.0 Å². The van der Waals surface area contributed by atoms with Crippen LogP contribution in [0.25, 0.3) is 0 Å². The smallest absolute Gasteiger partial charge is 0.0697 e. The minimum Gasteiger partial charge on any atom is -0.379 e. The first-order valence-electron chi connectivity index (χ1n) is 5.00. The van der Waals surface area contributed by atoms with Crippen LogP contribution < -0.4 is 5.32 Å². The van der Waals surface area contributed by atoms with Gasteiger partial charge in [-0.3, -0.25) is 0 Å². The molecule has 0 aliphatic rings. The number of methoxy groups -OCH3 is 1. The van der Waals surface area contributed by atoms with E-state index in [9.17, 15) is 0 Å². The number of hydrogen-bond donors (Lipinski definition) is 1. The van der Waals surface area contributed by atoms with Crippen molar-refractivity contribution in [2.24, 2.45) is 5.41 Å². The molecule has 3 heteroatoms. The summed E-state index contributed by atoms with van der Waals surface area (Å²) < 4.78 is 5.29. The number of nitrogens with zero attached hydrogens (tertiary/aromatic N) is 1. The van der Waals surface area contributed by atoms with Gasteiger partial charge in [-0.25, -0.2) is 0 Å². The van der Waals surface area contributed by atoms with Crippen LogP contribution in [0, 0.1) is 16.7 Å². The molecule has 3 nitrogen and oxygen atoms in total. The number of nitriles is 1. The average Bonchev–Trinajstić information content (AvgIpc) is 2.13. The molecule has 0 aromatic heterocycles. The van der Waals surface area contributed by atoms with E-state index in [0.29, 0.717) is 0 Å². The normalized spacial score (nSPS) is 12.6. The third kappa shape index (κ3) is 5.95. The van der Waals surface area contributed by atoms with Crippen LogP contribution in [0.15, 0.2) is 0 Å². The quantitative estimate of drug-likeness (QED) is 0.663. The molecule has 0 rings (SSSR count). The lowest BCUT2D eigenvalue weighted by Gasteiger charge is -2.24. The Morgan fingerprint density at radius 1 is 1.29 bits per heavy atom. The summed E-state index contributed by atoms with van der Waals surface area (Å²) in [6.45, 7) is 9.59. The molecule has 0 aliphatic carbocycles. The molecular formula is C11H22N2O. The summed E-state index contributed by atoms with van der Waals surface area (Å²) in [7, 11) is 1.72. The largest absolute Gasteiger partial charge is 0.379 e. The number of nitrogens with one attached hydrogen (secondary N) is 1. The zero-order chi connectivity index (χ0) is 11.2. The molecule has 0 bridgehead atoms. The van der Waals surface area contributed by atoms with Gasteiger partial charge in [-0.2, -0.15) is 5.26 Å². The van der Waals surface area contributed by atoms with Gasteiger partial charge in [-0.05, 0) is 40.7 Å². The summed E-state index contributed by atoms with van der Waals surface area (Å²) >= 11 is 0. The van der Waals surface area contributed by atoms with Crippen molar-refractivity contribution in [3.8, 4) is 6.07 Å². The van der Waals surface area contributed by atoms with Crippen LogP contribution in [0.3, 0.4) is 0 Å². The second kappa shape index (κ2) is 5.33. The maximum atomic E-state index is 8.78. The van der Waals surface area contributed by atoms with Crippen molar-refractivity contribution in [1.82, 2.24) is 5.32 Å². The molecule has 0 amide bonds. The van der Waals surface area contributed by atoms with Gasteiger partial charge in [-0.15, -0.1) is 0 Å². The zero-order valence-electron chi connectivity index (χ0n) is 9.98.